The second-order valence-electron chi connectivity index (χ2n) is 11.5. The van der Waals surface area contributed by atoms with E-state index in [1.54, 1.807) is 0 Å². The molecule has 0 aliphatic rings. The van der Waals surface area contributed by atoms with Gasteiger partial charge in [0, 0.05) is 12.8 Å². The van der Waals surface area contributed by atoms with Crippen LogP contribution in [0.4, 0.5) is 0 Å². The molecule has 0 spiro atoms. The lowest BCUT2D eigenvalue weighted by Gasteiger charge is -2.20. The summed E-state index contributed by atoms with van der Waals surface area (Å²) in [7, 11) is -4.62. The molecule has 0 saturated heterocycles. The van der Waals surface area contributed by atoms with Gasteiger partial charge in [-0.1, -0.05) is 115 Å². The zero-order valence-corrected chi connectivity index (χ0v) is 29.0. The van der Waals surface area contributed by atoms with E-state index in [-0.39, 0.29) is 12.8 Å². The van der Waals surface area contributed by atoms with Crippen molar-refractivity contribution in [2.45, 2.75) is 154 Å². The Morgan fingerprint density at radius 2 is 1.02 bits per heavy atom. The first-order valence-electron chi connectivity index (χ1n) is 17.3. The lowest BCUT2D eigenvalue weighted by atomic mass is 10.1. The fraction of sp³-hybridized carbons (Fsp3) is 0.824. The van der Waals surface area contributed by atoms with E-state index in [4.69, 9.17) is 18.5 Å². The van der Waals surface area contributed by atoms with Gasteiger partial charge in [0.2, 0.25) is 0 Å². The number of allylic oxidation sites excluding steroid dienone is 4. The molecule has 0 radical (unpaired) electrons. The maximum Gasteiger partial charge on any atom is 0.472 e. The Kier molecular flexibility index (Phi) is 30.0. The zero-order valence-electron chi connectivity index (χ0n) is 28.1. The van der Waals surface area contributed by atoms with Crippen LogP contribution < -0.4 is 0 Å². The summed E-state index contributed by atoms with van der Waals surface area (Å²) in [5.41, 5.74) is 0. The molecular formula is C34H63O10P. The predicted octanol–water partition coefficient (Wildman–Crippen LogP) is 7.88. The molecule has 10 nitrogen and oxygen atoms in total. The van der Waals surface area contributed by atoms with Crippen LogP contribution in [0.15, 0.2) is 24.3 Å². The number of carbonyl (C=O) groups is 2. The standard InChI is InChI=1S/C34H63O10P/c1-3-5-7-9-11-13-14-15-16-18-20-22-24-26-34(38)44-32(28-36)30-42-45(39,40)41-29-31(27-35)43-33(37)25-23-21-19-17-12-10-8-6-4-2/h7,9,13-14,31-32,35-36H,3-6,8,10-12,15-30H2,1-2H3,(H,39,40)/b9-7-,14-13-. The molecule has 0 heterocycles. The van der Waals surface area contributed by atoms with E-state index in [9.17, 15) is 29.3 Å². The number of ether oxygens (including phenoxy) is 2. The number of esters is 2. The number of hydrogen-bond acceptors (Lipinski definition) is 9. The molecule has 0 aromatic rings. The number of aliphatic hydroxyl groups is 2. The lowest BCUT2D eigenvalue weighted by molar-refractivity contribution is -0.153. The smallest absolute Gasteiger partial charge is 0.457 e. The molecule has 0 fully saturated rings. The van der Waals surface area contributed by atoms with E-state index in [2.05, 4.69) is 38.2 Å². The van der Waals surface area contributed by atoms with Crippen LogP contribution >= 0.6 is 7.82 Å². The maximum absolute atomic E-state index is 12.3. The predicted molar refractivity (Wildman–Crippen MR) is 178 cm³/mol. The minimum absolute atomic E-state index is 0.177. The number of rotatable bonds is 32. The Morgan fingerprint density at radius 1 is 0.600 bits per heavy atom. The highest BCUT2D eigenvalue weighted by Gasteiger charge is 2.27. The molecule has 11 heteroatoms. The summed E-state index contributed by atoms with van der Waals surface area (Å²) < 4.78 is 32.3. The molecule has 0 aliphatic carbocycles. The van der Waals surface area contributed by atoms with Crippen LogP contribution in [0.25, 0.3) is 0 Å². The summed E-state index contributed by atoms with van der Waals surface area (Å²) in [4.78, 5) is 34.2. The highest BCUT2D eigenvalue weighted by atomic mass is 31.2. The number of carbonyl (C=O) groups excluding carboxylic acids is 2. The molecule has 3 N–H and O–H groups in total. The van der Waals surface area contributed by atoms with Gasteiger partial charge >= 0.3 is 19.8 Å². The number of unbranched alkanes of at least 4 members (excludes halogenated alkanes) is 14. The van der Waals surface area contributed by atoms with Crippen molar-refractivity contribution in [3.05, 3.63) is 24.3 Å². The van der Waals surface area contributed by atoms with Gasteiger partial charge in [0.15, 0.2) is 0 Å². The van der Waals surface area contributed by atoms with Crippen LogP contribution in [0.1, 0.15) is 142 Å². The Bertz CT molecular complexity index is 817. The average molecular weight is 663 g/mol. The number of phosphoric ester groups is 1. The molecule has 3 atom stereocenters. The fourth-order valence-corrected chi connectivity index (χ4v) is 5.23. The van der Waals surface area contributed by atoms with Crippen molar-refractivity contribution in [3.8, 4) is 0 Å². The Hall–Kier alpha value is -1.55. The van der Waals surface area contributed by atoms with E-state index in [1.807, 2.05) is 0 Å². The quantitative estimate of drug-likeness (QED) is 0.0281. The van der Waals surface area contributed by atoms with Crippen LogP contribution in [0, 0.1) is 0 Å². The third-order valence-corrected chi connectivity index (χ3v) is 8.10. The van der Waals surface area contributed by atoms with Crippen LogP contribution in [-0.4, -0.2) is 65.7 Å². The topological polar surface area (TPSA) is 149 Å². The van der Waals surface area contributed by atoms with Crippen LogP contribution in [-0.2, 0) is 32.7 Å². The molecule has 264 valence electrons. The van der Waals surface area contributed by atoms with Crippen LogP contribution in [0.5, 0.6) is 0 Å². The third-order valence-electron chi connectivity index (χ3n) is 7.15. The van der Waals surface area contributed by atoms with E-state index < -0.39 is 58.4 Å². The van der Waals surface area contributed by atoms with Gasteiger partial charge in [0.25, 0.3) is 0 Å². The van der Waals surface area contributed by atoms with Gasteiger partial charge < -0.3 is 24.6 Å². The van der Waals surface area contributed by atoms with Gasteiger partial charge in [-0.05, 0) is 38.5 Å². The summed E-state index contributed by atoms with van der Waals surface area (Å²) in [6.07, 6.45) is 26.0. The molecule has 0 aromatic heterocycles. The second-order valence-corrected chi connectivity index (χ2v) is 13.0. The van der Waals surface area contributed by atoms with E-state index in [0.717, 1.165) is 64.2 Å². The van der Waals surface area contributed by atoms with Gasteiger partial charge in [-0.3, -0.25) is 18.6 Å². The van der Waals surface area contributed by atoms with Gasteiger partial charge in [-0.25, -0.2) is 4.57 Å². The SMILES string of the molecule is CCC/C=C\C/C=C\CCCCCCCC(=O)OC(CO)COP(=O)(O)OCC(CO)OC(=O)CCCCCCCCCCC. The van der Waals surface area contributed by atoms with E-state index >= 15 is 0 Å². The monoisotopic (exact) mass is 662 g/mol. The molecule has 0 aliphatic heterocycles. The Labute approximate surface area is 272 Å². The number of phosphoric acid groups is 1. The minimum atomic E-state index is -4.62. The first-order valence-corrected chi connectivity index (χ1v) is 18.8. The van der Waals surface area contributed by atoms with Gasteiger partial charge in [0.1, 0.15) is 12.2 Å². The van der Waals surface area contributed by atoms with Crippen molar-refractivity contribution < 1.29 is 47.8 Å². The lowest BCUT2D eigenvalue weighted by Crippen LogP contribution is -2.28. The van der Waals surface area contributed by atoms with Gasteiger partial charge in [0.05, 0.1) is 26.4 Å². The zero-order chi connectivity index (χ0) is 33.4. The summed E-state index contributed by atoms with van der Waals surface area (Å²) in [5, 5.41) is 19.0. The third kappa shape index (κ3) is 29.6. The molecule has 0 rings (SSSR count). The largest absolute Gasteiger partial charge is 0.472 e. The number of aliphatic hydroxyl groups excluding tert-OH is 2. The van der Waals surface area contributed by atoms with E-state index in [0.29, 0.717) is 12.8 Å². The van der Waals surface area contributed by atoms with Crippen molar-refractivity contribution in [1.29, 1.82) is 0 Å². The van der Waals surface area contributed by atoms with Crippen molar-refractivity contribution in [2.24, 2.45) is 0 Å². The van der Waals surface area contributed by atoms with Crippen molar-refractivity contribution in [2.75, 3.05) is 26.4 Å². The molecule has 0 amide bonds. The summed E-state index contributed by atoms with van der Waals surface area (Å²) in [6, 6.07) is 0. The normalized spacial score (nSPS) is 14.5. The molecule has 0 aromatic carbocycles. The Balaban J connectivity index is 4.05. The van der Waals surface area contributed by atoms with Crippen molar-refractivity contribution >= 4 is 19.8 Å². The highest BCUT2D eigenvalue weighted by molar-refractivity contribution is 7.47. The highest BCUT2D eigenvalue weighted by Crippen LogP contribution is 2.43. The molecule has 3 unspecified atom stereocenters. The molecule has 45 heavy (non-hydrogen) atoms. The summed E-state index contributed by atoms with van der Waals surface area (Å²) in [6.45, 7) is 2.07. The first kappa shape index (κ1) is 43.5. The Morgan fingerprint density at radius 3 is 1.47 bits per heavy atom. The van der Waals surface area contributed by atoms with Gasteiger partial charge in [-0.2, -0.15) is 0 Å². The molecular weight excluding hydrogens is 599 g/mol. The van der Waals surface area contributed by atoms with Crippen molar-refractivity contribution in [3.63, 3.8) is 0 Å². The molecule has 0 bridgehead atoms. The average Bonchev–Trinajstić information content (AvgIpc) is 3.02. The van der Waals surface area contributed by atoms with Crippen molar-refractivity contribution in [1.82, 2.24) is 0 Å². The van der Waals surface area contributed by atoms with Gasteiger partial charge in [-0.15, -0.1) is 0 Å². The minimum Gasteiger partial charge on any atom is -0.457 e. The maximum atomic E-state index is 12.3. The summed E-state index contributed by atoms with van der Waals surface area (Å²) in [5.74, 6) is -1.04. The first-order chi connectivity index (χ1) is 21.8. The van der Waals surface area contributed by atoms with E-state index in [1.165, 1.54) is 38.5 Å². The van der Waals surface area contributed by atoms with Crippen LogP contribution in [0.2, 0.25) is 0 Å². The number of hydrogen-bond donors (Lipinski definition) is 3. The fourth-order valence-electron chi connectivity index (χ4n) is 4.44. The summed E-state index contributed by atoms with van der Waals surface area (Å²) >= 11 is 0. The second kappa shape index (κ2) is 31.1. The molecule has 0 saturated carbocycles. The van der Waals surface area contributed by atoms with Crippen LogP contribution in [0.3, 0.4) is 0 Å².